The van der Waals surface area contributed by atoms with Crippen molar-refractivity contribution in [2.75, 3.05) is 11.9 Å². The van der Waals surface area contributed by atoms with Crippen LogP contribution < -0.4 is 5.32 Å². The first-order chi connectivity index (χ1) is 7.15. The zero-order valence-corrected chi connectivity index (χ0v) is 9.62. The van der Waals surface area contributed by atoms with Gasteiger partial charge in [0.2, 0.25) is 5.95 Å². The van der Waals surface area contributed by atoms with Crippen LogP contribution in [0.2, 0.25) is 0 Å². The molecule has 0 fully saturated rings. The molecule has 0 bridgehead atoms. The second kappa shape index (κ2) is 5.07. The molecular formula is C11H19N3O. The second-order valence-corrected chi connectivity index (χ2v) is 3.79. The molecule has 1 aromatic rings. The van der Waals surface area contributed by atoms with Crippen LogP contribution in [0, 0.1) is 6.92 Å². The van der Waals surface area contributed by atoms with Crippen molar-refractivity contribution >= 4 is 5.95 Å². The highest BCUT2D eigenvalue weighted by molar-refractivity contribution is 5.29. The standard InChI is InChI=1S/C11H19N3O/c1-4-11(5-2,8-15)14-10-12-7-6-9(3)13-10/h6-7,15H,4-5,8H2,1-3H3,(H,12,13,14). The summed E-state index contributed by atoms with van der Waals surface area (Å²) in [6.45, 7) is 6.10. The maximum absolute atomic E-state index is 9.39. The third kappa shape index (κ3) is 2.89. The minimum Gasteiger partial charge on any atom is -0.394 e. The third-order valence-corrected chi connectivity index (χ3v) is 2.83. The molecule has 1 heterocycles. The molecule has 0 aliphatic carbocycles. The molecule has 0 spiro atoms. The van der Waals surface area contributed by atoms with Crippen LogP contribution in [0.3, 0.4) is 0 Å². The number of aliphatic hydroxyl groups is 1. The second-order valence-electron chi connectivity index (χ2n) is 3.79. The highest BCUT2D eigenvalue weighted by atomic mass is 16.3. The van der Waals surface area contributed by atoms with Crippen molar-refractivity contribution in [1.29, 1.82) is 0 Å². The van der Waals surface area contributed by atoms with E-state index in [-0.39, 0.29) is 12.1 Å². The number of rotatable bonds is 5. The Labute approximate surface area is 90.8 Å². The SMILES string of the molecule is CCC(CC)(CO)Nc1nccc(C)n1. The van der Waals surface area contributed by atoms with Crippen molar-refractivity contribution in [3.8, 4) is 0 Å². The van der Waals surface area contributed by atoms with Crippen molar-refractivity contribution in [1.82, 2.24) is 9.97 Å². The maximum Gasteiger partial charge on any atom is 0.223 e. The van der Waals surface area contributed by atoms with E-state index < -0.39 is 0 Å². The Morgan fingerprint density at radius 2 is 2.07 bits per heavy atom. The molecule has 0 aliphatic heterocycles. The summed E-state index contributed by atoms with van der Waals surface area (Å²) in [6.07, 6.45) is 3.41. The van der Waals surface area contributed by atoms with Crippen LogP contribution in [0.4, 0.5) is 5.95 Å². The molecule has 84 valence electrons. The van der Waals surface area contributed by atoms with Crippen LogP contribution >= 0.6 is 0 Å². The average molecular weight is 209 g/mol. The van der Waals surface area contributed by atoms with Gasteiger partial charge >= 0.3 is 0 Å². The van der Waals surface area contributed by atoms with E-state index in [0.29, 0.717) is 5.95 Å². The molecule has 0 aliphatic rings. The minimum atomic E-state index is -0.298. The van der Waals surface area contributed by atoms with Crippen LogP contribution in [0.15, 0.2) is 12.3 Å². The van der Waals surface area contributed by atoms with Crippen molar-refractivity contribution in [3.63, 3.8) is 0 Å². The fourth-order valence-corrected chi connectivity index (χ4v) is 1.44. The number of hydrogen-bond acceptors (Lipinski definition) is 4. The number of nitrogens with one attached hydrogen (secondary N) is 1. The van der Waals surface area contributed by atoms with Crippen LogP contribution in [0.25, 0.3) is 0 Å². The first-order valence-electron chi connectivity index (χ1n) is 5.34. The Morgan fingerprint density at radius 3 is 2.53 bits per heavy atom. The van der Waals surface area contributed by atoms with Gasteiger partial charge in [-0.2, -0.15) is 0 Å². The lowest BCUT2D eigenvalue weighted by atomic mass is 9.94. The summed E-state index contributed by atoms with van der Waals surface area (Å²) < 4.78 is 0. The molecule has 4 nitrogen and oxygen atoms in total. The van der Waals surface area contributed by atoms with Gasteiger partial charge in [-0.15, -0.1) is 0 Å². The van der Waals surface area contributed by atoms with E-state index in [2.05, 4.69) is 15.3 Å². The maximum atomic E-state index is 9.39. The monoisotopic (exact) mass is 209 g/mol. The summed E-state index contributed by atoms with van der Waals surface area (Å²) in [4.78, 5) is 8.40. The number of nitrogens with zero attached hydrogens (tertiary/aromatic N) is 2. The van der Waals surface area contributed by atoms with Crippen molar-refractivity contribution < 1.29 is 5.11 Å². The number of aryl methyl sites for hydroxylation is 1. The Kier molecular flexibility index (Phi) is 4.03. The van der Waals surface area contributed by atoms with E-state index in [9.17, 15) is 5.11 Å². The predicted molar refractivity (Wildman–Crippen MR) is 60.8 cm³/mol. The van der Waals surface area contributed by atoms with Gasteiger partial charge in [0.1, 0.15) is 0 Å². The third-order valence-electron chi connectivity index (χ3n) is 2.83. The van der Waals surface area contributed by atoms with Gasteiger partial charge in [0, 0.05) is 11.9 Å². The minimum absolute atomic E-state index is 0.0945. The van der Waals surface area contributed by atoms with Gasteiger partial charge in [0.25, 0.3) is 0 Å². The van der Waals surface area contributed by atoms with Crippen molar-refractivity contribution in [2.24, 2.45) is 0 Å². The Morgan fingerprint density at radius 1 is 1.40 bits per heavy atom. The highest BCUT2D eigenvalue weighted by Gasteiger charge is 2.25. The molecule has 4 heteroatoms. The van der Waals surface area contributed by atoms with Gasteiger partial charge in [-0.05, 0) is 25.8 Å². The van der Waals surface area contributed by atoms with Gasteiger partial charge in [-0.1, -0.05) is 13.8 Å². The molecule has 2 N–H and O–H groups in total. The first-order valence-corrected chi connectivity index (χ1v) is 5.34. The Hall–Kier alpha value is -1.16. The summed E-state index contributed by atoms with van der Waals surface area (Å²) in [6, 6.07) is 1.85. The molecule has 15 heavy (non-hydrogen) atoms. The zero-order chi connectivity index (χ0) is 11.3. The Bertz CT molecular complexity index is 302. The molecule has 0 atom stereocenters. The highest BCUT2D eigenvalue weighted by Crippen LogP contribution is 2.19. The summed E-state index contributed by atoms with van der Waals surface area (Å²) in [5, 5.41) is 12.6. The van der Waals surface area contributed by atoms with Crippen LogP contribution in [-0.2, 0) is 0 Å². The molecule has 0 unspecified atom stereocenters. The largest absolute Gasteiger partial charge is 0.394 e. The van der Waals surface area contributed by atoms with Gasteiger partial charge < -0.3 is 10.4 Å². The lowest BCUT2D eigenvalue weighted by Gasteiger charge is -2.30. The van der Waals surface area contributed by atoms with E-state index in [1.54, 1.807) is 6.20 Å². The molecule has 0 saturated carbocycles. The number of anilines is 1. The summed E-state index contributed by atoms with van der Waals surface area (Å²) in [7, 11) is 0. The Balaban J connectivity index is 2.82. The number of hydrogen-bond donors (Lipinski definition) is 2. The average Bonchev–Trinajstić information content (AvgIpc) is 2.26. The number of aliphatic hydroxyl groups excluding tert-OH is 1. The zero-order valence-electron chi connectivity index (χ0n) is 9.62. The molecular weight excluding hydrogens is 190 g/mol. The molecule has 1 aromatic heterocycles. The quantitative estimate of drug-likeness (QED) is 0.775. The van der Waals surface area contributed by atoms with Gasteiger partial charge in [0.15, 0.2) is 0 Å². The smallest absolute Gasteiger partial charge is 0.223 e. The molecule has 1 rings (SSSR count). The fourth-order valence-electron chi connectivity index (χ4n) is 1.44. The fraction of sp³-hybridized carbons (Fsp3) is 0.636. The van der Waals surface area contributed by atoms with Crippen molar-refractivity contribution in [2.45, 2.75) is 39.2 Å². The topological polar surface area (TPSA) is 58.0 Å². The molecule has 0 saturated heterocycles. The summed E-state index contributed by atoms with van der Waals surface area (Å²) in [5.41, 5.74) is 0.625. The first kappa shape index (κ1) is 11.9. The predicted octanol–water partition coefficient (Wildman–Crippen LogP) is 1.75. The summed E-state index contributed by atoms with van der Waals surface area (Å²) in [5.74, 6) is 0.591. The lowest BCUT2D eigenvalue weighted by molar-refractivity contribution is 0.201. The normalized spacial score (nSPS) is 11.5. The van der Waals surface area contributed by atoms with Gasteiger partial charge in [-0.25, -0.2) is 9.97 Å². The van der Waals surface area contributed by atoms with E-state index in [4.69, 9.17) is 0 Å². The van der Waals surface area contributed by atoms with Gasteiger partial charge in [-0.3, -0.25) is 0 Å². The van der Waals surface area contributed by atoms with E-state index in [1.165, 1.54) is 0 Å². The van der Waals surface area contributed by atoms with Gasteiger partial charge in [0.05, 0.1) is 12.1 Å². The molecule has 0 aromatic carbocycles. The summed E-state index contributed by atoms with van der Waals surface area (Å²) >= 11 is 0. The van der Waals surface area contributed by atoms with Crippen molar-refractivity contribution in [3.05, 3.63) is 18.0 Å². The van der Waals surface area contributed by atoms with E-state index >= 15 is 0 Å². The molecule has 0 radical (unpaired) electrons. The lowest BCUT2D eigenvalue weighted by Crippen LogP contribution is -2.41. The van der Waals surface area contributed by atoms with Crippen LogP contribution in [0.1, 0.15) is 32.4 Å². The van der Waals surface area contributed by atoms with Crippen LogP contribution in [-0.4, -0.2) is 27.2 Å². The molecule has 0 amide bonds. The van der Waals surface area contributed by atoms with Crippen LogP contribution in [0.5, 0.6) is 0 Å². The van der Waals surface area contributed by atoms with E-state index in [1.807, 2.05) is 26.8 Å². The number of aromatic nitrogens is 2. The van der Waals surface area contributed by atoms with E-state index in [0.717, 1.165) is 18.5 Å².